The van der Waals surface area contributed by atoms with E-state index in [2.05, 4.69) is 0 Å². The van der Waals surface area contributed by atoms with Gasteiger partial charge in [0.15, 0.2) is 11.6 Å². The van der Waals surface area contributed by atoms with E-state index >= 15 is 0 Å². The second-order valence-corrected chi connectivity index (χ2v) is 7.64. The van der Waals surface area contributed by atoms with E-state index in [4.69, 9.17) is 21.5 Å². The third-order valence-corrected chi connectivity index (χ3v) is 5.29. The van der Waals surface area contributed by atoms with Gasteiger partial charge in [0.25, 0.3) is 0 Å². The Kier molecular flexibility index (Phi) is 5.68. The van der Waals surface area contributed by atoms with Crippen molar-refractivity contribution in [3.05, 3.63) is 51.8 Å². The third-order valence-electron chi connectivity index (χ3n) is 3.65. The van der Waals surface area contributed by atoms with Crippen molar-refractivity contribution in [1.29, 1.82) is 0 Å². The minimum Gasteiger partial charge on any atom is -0.454 e. The van der Waals surface area contributed by atoms with E-state index in [-0.39, 0.29) is 16.1 Å². The van der Waals surface area contributed by atoms with Crippen molar-refractivity contribution in [3.8, 4) is 11.5 Å². The Morgan fingerprint density at radius 2 is 1.88 bits per heavy atom. The van der Waals surface area contributed by atoms with Gasteiger partial charge in [0.05, 0.1) is 10.3 Å². The molecule has 0 fully saturated rings. The van der Waals surface area contributed by atoms with Crippen molar-refractivity contribution in [2.24, 2.45) is 0 Å². The summed E-state index contributed by atoms with van der Waals surface area (Å²) in [7, 11) is -4.06. The molecule has 5 nitrogen and oxygen atoms in total. The molecule has 0 bridgehead atoms. The molecule has 0 heterocycles. The van der Waals surface area contributed by atoms with Gasteiger partial charge in [-0.15, -0.1) is 5.25 Å². The molecule has 1 unspecified atom stereocenters. The molecule has 0 aromatic heterocycles. The summed E-state index contributed by atoms with van der Waals surface area (Å²) < 4.78 is 31.8. The fourth-order valence-corrected chi connectivity index (χ4v) is 3.50. The predicted molar refractivity (Wildman–Crippen MR) is 91.2 cm³/mol. The van der Waals surface area contributed by atoms with Gasteiger partial charge in [0.2, 0.25) is 0 Å². The van der Waals surface area contributed by atoms with Crippen molar-refractivity contribution in [2.45, 2.75) is 27.2 Å². The van der Waals surface area contributed by atoms with Crippen LogP contribution in [0.2, 0.25) is 5.02 Å². The monoisotopic (exact) mass is 373 g/mol. The molecule has 24 heavy (non-hydrogen) atoms. The van der Waals surface area contributed by atoms with Gasteiger partial charge in [-0.05, 0) is 55.2 Å². The minimum atomic E-state index is -4.06. The molecule has 0 radical (unpaired) electrons. The van der Waals surface area contributed by atoms with E-state index in [1.54, 1.807) is 19.9 Å². The molecule has 1 atom stereocenters. The number of halogens is 2. The minimum absolute atomic E-state index is 0.0197. The van der Waals surface area contributed by atoms with Crippen LogP contribution in [0.3, 0.4) is 0 Å². The van der Waals surface area contributed by atoms with E-state index in [0.717, 1.165) is 0 Å². The van der Waals surface area contributed by atoms with Gasteiger partial charge in [0.1, 0.15) is 5.75 Å². The Bertz CT molecular complexity index is 805. The standard InChI is InChI=1S/C16H18ClFNO4P/c1-4-11-5-6-13(15(18)14(11)17)23-16-9(2)7-12(8-10(16)3)24(21,22)19-20/h5-8,20H,4H2,1-3H3,(H2,19,21,22). The highest BCUT2D eigenvalue weighted by Crippen LogP contribution is 2.38. The van der Waals surface area contributed by atoms with Crippen molar-refractivity contribution in [3.63, 3.8) is 0 Å². The van der Waals surface area contributed by atoms with Gasteiger partial charge in [-0.2, -0.15) is 0 Å². The quantitative estimate of drug-likeness (QED) is 0.539. The zero-order chi connectivity index (χ0) is 18.1. The molecule has 0 aliphatic heterocycles. The summed E-state index contributed by atoms with van der Waals surface area (Å²) in [5.41, 5.74) is 1.72. The van der Waals surface area contributed by atoms with Crippen LogP contribution >= 0.6 is 19.1 Å². The summed E-state index contributed by atoms with van der Waals surface area (Å²) >= 11 is 5.99. The van der Waals surface area contributed by atoms with Crippen molar-refractivity contribution in [2.75, 3.05) is 0 Å². The van der Waals surface area contributed by atoms with Gasteiger partial charge in [-0.1, -0.05) is 24.6 Å². The van der Waals surface area contributed by atoms with Crippen LogP contribution < -0.4 is 15.3 Å². The molecule has 130 valence electrons. The van der Waals surface area contributed by atoms with Crippen LogP contribution in [0.1, 0.15) is 23.6 Å². The smallest absolute Gasteiger partial charge is 0.319 e. The first-order valence-corrected chi connectivity index (χ1v) is 9.25. The van der Waals surface area contributed by atoms with Crippen LogP contribution in [-0.4, -0.2) is 10.1 Å². The molecule has 8 heteroatoms. The molecule has 2 aromatic rings. The number of nitrogens with one attached hydrogen (secondary N) is 1. The highest BCUT2D eigenvalue weighted by atomic mass is 35.5. The number of ether oxygens (including phenoxy) is 1. The SMILES string of the molecule is CCc1ccc(Oc2c(C)cc(P(=O)(O)NO)cc2C)c(F)c1Cl. The Hall–Kier alpha value is -1.43. The molecule has 0 saturated heterocycles. The fraction of sp³-hybridized carbons (Fsp3) is 0.250. The Labute approximate surface area is 144 Å². The number of aryl methyl sites for hydroxylation is 3. The van der Waals surface area contributed by atoms with Crippen LogP contribution in [-0.2, 0) is 11.0 Å². The summed E-state index contributed by atoms with van der Waals surface area (Å²) in [6.07, 6.45) is 0.600. The maximum Gasteiger partial charge on any atom is 0.319 e. The van der Waals surface area contributed by atoms with E-state index in [1.807, 2.05) is 6.92 Å². The first-order chi connectivity index (χ1) is 11.2. The Morgan fingerprint density at radius 1 is 1.29 bits per heavy atom. The number of rotatable bonds is 5. The Balaban J connectivity index is 2.45. The van der Waals surface area contributed by atoms with E-state index < -0.39 is 13.3 Å². The normalized spacial score (nSPS) is 13.6. The van der Waals surface area contributed by atoms with Crippen LogP contribution in [0.4, 0.5) is 4.39 Å². The average molecular weight is 374 g/mol. The zero-order valence-electron chi connectivity index (χ0n) is 13.4. The highest BCUT2D eigenvalue weighted by Gasteiger charge is 2.23. The van der Waals surface area contributed by atoms with Gasteiger partial charge in [-0.25, -0.2) is 4.39 Å². The van der Waals surface area contributed by atoms with Crippen LogP contribution in [0.15, 0.2) is 24.3 Å². The van der Waals surface area contributed by atoms with Gasteiger partial charge in [0, 0.05) is 0 Å². The molecule has 3 N–H and O–H groups in total. The predicted octanol–water partition coefficient (Wildman–Crippen LogP) is 4.24. The van der Waals surface area contributed by atoms with Crippen molar-refractivity contribution >= 4 is 24.4 Å². The summed E-state index contributed by atoms with van der Waals surface area (Å²) in [5, 5.41) is 10.2. The number of hydrogen-bond donors (Lipinski definition) is 3. The second-order valence-electron chi connectivity index (χ2n) is 5.39. The van der Waals surface area contributed by atoms with Crippen LogP contribution in [0, 0.1) is 19.7 Å². The van der Waals surface area contributed by atoms with Crippen LogP contribution in [0.25, 0.3) is 0 Å². The highest BCUT2D eigenvalue weighted by molar-refractivity contribution is 7.63. The zero-order valence-corrected chi connectivity index (χ0v) is 15.1. The Morgan fingerprint density at radius 3 is 2.38 bits per heavy atom. The molecule has 0 amide bonds. The largest absolute Gasteiger partial charge is 0.454 e. The molecule has 2 rings (SSSR count). The lowest BCUT2D eigenvalue weighted by Crippen LogP contribution is -2.16. The van der Waals surface area contributed by atoms with Crippen molar-refractivity contribution < 1.29 is 23.8 Å². The van der Waals surface area contributed by atoms with Gasteiger partial charge in [-0.3, -0.25) is 4.57 Å². The number of benzene rings is 2. The lowest BCUT2D eigenvalue weighted by atomic mass is 10.1. The maximum absolute atomic E-state index is 14.3. The molecule has 0 aliphatic carbocycles. The molecule has 0 saturated carbocycles. The average Bonchev–Trinajstić information content (AvgIpc) is 2.54. The van der Waals surface area contributed by atoms with Crippen molar-refractivity contribution in [1.82, 2.24) is 5.25 Å². The molecular weight excluding hydrogens is 356 g/mol. The second kappa shape index (κ2) is 7.21. The van der Waals surface area contributed by atoms with Gasteiger partial charge >= 0.3 is 7.52 Å². The van der Waals surface area contributed by atoms with Gasteiger partial charge < -0.3 is 14.8 Å². The van der Waals surface area contributed by atoms with E-state index in [0.29, 0.717) is 28.9 Å². The number of hydrogen-bond acceptors (Lipinski definition) is 3. The molecule has 0 aliphatic rings. The summed E-state index contributed by atoms with van der Waals surface area (Å²) in [5.74, 6) is -0.316. The fourth-order valence-electron chi connectivity index (χ4n) is 2.35. The van der Waals surface area contributed by atoms with E-state index in [1.165, 1.54) is 23.4 Å². The summed E-state index contributed by atoms with van der Waals surface area (Å²) in [4.78, 5) is 9.64. The third kappa shape index (κ3) is 3.63. The lowest BCUT2D eigenvalue weighted by molar-refractivity contribution is 0.226. The van der Waals surface area contributed by atoms with E-state index in [9.17, 15) is 13.8 Å². The molecular formula is C16H18ClFNO4P. The van der Waals surface area contributed by atoms with Crippen LogP contribution in [0.5, 0.6) is 11.5 Å². The topological polar surface area (TPSA) is 78.8 Å². The first kappa shape index (κ1) is 18.9. The summed E-state index contributed by atoms with van der Waals surface area (Å²) in [6, 6.07) is 5.98. The first-order valence-electron chi connectivity index (χ1n) is 7.22. The molecule has 2 aromatic carbocycles. The summed E-state index contributed by atoms with van der Waals surface area (Å²) in [6.45, 7) is 5.18. The lowest BCUT2D eigenvalue weighted by Gasteiger charge is -2.17. The maximum atomic E-state index is 14.3. The molecule has 0 spiro atoms.